The predicted molar refractivity (Wildman–Crippen MR) is 69.0 cm³/mol. The molecule has 0 bridgehead atoms. The number of nitrogens with zero attached hydrogens (tertiary/aromatic N) is 1. The summed E-state index contributed by atoms with van der Waals surface area (Å²) < 4.78 is 0. The first kappa shape index (κ1) is 11.9. The monoisotopic (exact) mass is 233 g/mol. The van der Waals surface area contributed by atoms with E-state index in [0.29, 0.717) is 12.6 Å². The quantitative estimate of drug-likeness (QED) is 0.809. The van der Waals surface area contributed by atoms with Gasteiger partial charge in [-0.3, -0.25) is 4.79 Å². The summed E-state index contributed by atoms with van der Waals surface area (Å²) in [4.78, 5) is 13.0. The highest BCUT2D eigenvalue weighted by Gasteiger charge is 2.20. The summed E-state index contributed by atoms with van der Waals surface area (Å²) in [6, 6.07) is 6.77. The van der Waals surface area contributed by atoms with Crippen LogP contribution in [0.1, 0.15) is 24.1 Å². The number of benzene rings is 1. The number of fused-ring (bicyclic) bond motifs is 1. The molecule has 1 aliphatic heterocycles. The zero-order chi connectivity index (χ0) is 12.4. The number of anilines is 1. The number of hydrogen-bond acceptors (Lipinski definition) is 3. The summed E-state index contributed by atoms with van der Waals surface area (Å²) >= 11 is 0. The van der Waals surface area contributed by atoms with Gasteiger partial charge in [0.05, 0.1) is 6.54 Å². The molecule has 0 saturated heterocycles. The molecule has 1 heterocycles. The highest BCUT2D eigenvalue weighted by molar-refractivity contribution is 5.80. The maximum absolute atomic E-state index is 11.0. The van der Waals surface area contributed by atoms with E-state index < -0.39 is 0 Å². The van der Waals surface area contributed by atoms with Gasteiger partial charge in [0.2, 0.25) is 5.91 Å². The summed E-state index contributed by atoms with van der Waals surface area (Å²) in [6.07, 6.45) is 0.993. The minimum absolute atomic E-state index is 0.273. The Morgan fingerprint density at radius 3 is 3.00 bits per heavy atom. The third-order valence-electron chi connectivity index (χ3n) is 3.38. The van der Waals surface area contributed by atoms with Crippen molar-refractivity contribution in [2.24, 2.45) is 5.73 Å². The number of hydrogen-bond donors (Lipinski definition) is 2. The van der Waals surface area contributed by atoms with Gasteiger partial charge in [-0.1, -0.05) is 12.1 Å². The van der Waals surface area contributed by atoms with E-state index in [1.165, 1.54) is 11.1 Å². The van der Waals surface area contributed by atoms with Crippen LogP contribution in [-0.4, -0.2) is 26.0 Å². The Labute approximate surface area is 102 Å². The molecule has 1 unspecified atom stereocenters. The van der Waals surface area contributed by atoms with Gasteiger partial charge in [0.25, 0.3) is 0 Å². The molecular formula is C13H19N3O. The second-order valence-electron chi connectivity index (χ2n) is 4.54. The highest BCUT2D eigenvalue weighted by Crippen LogP contribution is 2.30. The minimum Gasteiger partial charge on any atom is -0.368 e. The first-order valence-electron chi connectivity index (χ1n) is 5.95. The van der Waals surface area contributed by atoms with E-state index in [-0.39, 0.29) is 5.91 Å². The Morgan fingerprint density at radius 2 is 2.35 bits per heavy atom. The molecule has 3 N–H and O–H groups in total. The molecule has 1 aliphatic rings. The van der Waals surface area contributed by atoms with Gasteiger partial charge in [0, 0.05) is 18.3 Å². The fourth-order valence-corrected chi connectivity index (χ4v) is 2.28. The Morgan fingerprint density at radius 1 is 1.59 bits per heavy atom. The van der Waals surface area contributed by atoms with Gasteiger partial charge in [-0.15, -0.1) is 0 Å². The second kappa shape index (κ2) is 4.75. The largest absolute Gasteiger partial charge is 0.368 e. The molecule has 4 nitrogen and oxygen atoms in total. The lowest BCUT2D eigenvalue weighted by Crippen LogP contribution is -2.32. The van der Waals surface area contributed by atoms with E-state index in [0.717, 1.165) is 18.7 Å². The standard InChI is InChI=1S/C13H19N3O/c1-9(15-2)10-3-4-12-11(7-10)5-6-16(12)8-13(14)17/h3-4,7,9,15H,5-6,8H2,1-2H3,(H2,14,17). The van der Waals surface area contributed by atoms with Crippen LogP contribution in [0.2, 0.25) is 0 Å². The van der Waals surface area contributed by atoms with Crippen molar-refractivity contribution in [1.82, 2.24) is 5.32 Å². The SMILES string of the molecule is CNC(C)c1ccc2c(c1)CCN2CC(N)=O. The van der Waals surface area contributed by atoms with Crippen LogP contribution in [0.3, 0.4) is 0 Å². The molecular weight excluding hydrogens is 214 g/mol. The van der Waals surface area contributed by atoms with Crippen LogP contribution in [-0.2, 0) is 11.2 Å². The molecule has 17 heavy (non-hydrogen) atoms. The smallest absolute Gasteiger partial charge is 0.236 e. The van der Waals surface area contributed by atoms with Gasteiger partial charge in [0.1, 0.15) is 0 Å². The van der Waals surface area contributed by atoms with Gasteiger partial charge in [-0.05, 0) is 37.6 Å². The van der Waals surface area contributed by atoms with E-state index >= 15 is 0 Å². The van der Waals surface area contributed by atoms with E-state index in [2.05, 4.69) is 30.4 Å². The molecule has 2 rings (SSSR count). The Balaban J connectivity index is 2.22. The average Bonchev–Trinajstić information content (AvgIpc) is 2.70. The number of primary amides is 1. The lowest BCUT2D eigenvalue weighted by Gasteiger charge is -2.18. The van der Waals surface area contributed by atoms with Crippen molar-refractivity contribution in [2.75, 3.05) is 25.0 Å². The van der Waals surface area contributed by atoms with E-state index in [9.17, 15) is 4.79 Å². The Hall–Kier alpha value is -1.55. The van der Waals surface area contributed by atoms with Crippen molar-refractivity contribution in [3.8, 4) is 0 Å². The molecule has 1 amide bonds. The number of carbonyl (C=O) groups is 1. The van der Waals surface area contributed by atoms with Crippen molar-refractivity contribution in [2.45, 2.75) is 19.4 Å². The van der Waals surface area contributed by atoms with Crippen molar-refractivity contribution in [3.63, 3.8) is 0 Å². The third kappa shape index (κ3) is 2.42. The van der Waals surface area contributed by atoms with Crippen molar-refractivity contribution >= 4 is 11.6 Å². The van der Waals surface area contributed by atoms with Crippen LogP contribution in [0.25, 0.3) is 0 Å². The summed E-state index contributed by atoms with van der Waals surface area (Å²) in [5.74, 6) is -0.273. The van der Waals surface area contributed by atoms with Crippen LogP contribution in [0.4, 0.5) is 5.69 Å². The first-order chi connectivity index (χ1) is 8.11. The number of carbonyl (C=O) groups excluding carboxylic acids is 1. The fraction of sp³-hybridized carbons (Fsp3) is 0.462. The van der Waals surface area contributed by atoms with Crippen LogP contribution >= 0.6 is 0 Å². The number of nitrogens with two attached hydrogens (primary N) is 1. The molecule has 0 radical (unpaired) electrons. The van der Waals surface area contributed by atoms with Crippen LogP contribution in [0.15, 0.2) is 18.2 Å². The van der Waals surface area contributed by atoms with Crippen molar-refractivity contribution in [3.05, 3.63) is 29.3 Å². The zero-order valence-electron chi connectivity index (χ0n) is 10.4. The molecule has 0 fully saturated rings. The lowest BCUT2D eigenvalue weighted by atomic mass is 10.0. The van der Waals surface area contributed by atoms with E-state index in [4.69, 9.17) is 5.73 Å². The van der Waals surface area contributed by atoms with Crippen molar-refractivity contribution in [1.29, 1.82) is 0 Å². The number of nitrogens with one attached hydrogen (secondary N) is 1. The van der Waals surface area contributed by atoms with Crippen molar-refractivity contribution < 1.29 is 4.79 Å². The fourth-order valence-electron chi connectivity index (χ4n) is 2.28. The second-order valence-corrected chi connectivity index (χ2v) is 4.54. The topological polar surface area (TPSA) is 58.4 Å². The Kier molecular flexibility index (Phi) is 3.33. The average molecular weight is 233 g/mol. The number of rotatable bonds is 4. The minimum atomic E-state index is -0.273. The van der Waals surface area contributed by atoms with Gasteiger partial charge in [-0.25, -0.2) is 0 Å². The lowest BCUT2D eigenvalue weighted by molar-refractivity contribution is -0.116. The maximum atomic E-state index is 11.0. The predicted octanol–water partition coefficient (Wildman–Crippen LogP) is 0.815. The van der Waals surface area contributed by atoms with Crippen LogP contribution < -0.4 is 16.0 Å². The molecule has 92 valence electrons. The van der Waals surface area contributed by atoms with E-state index in [1.807, 2.05) is 11.9 Å². The zero-order valence-corrected chi connectivity index (χ0v) is 10.4. The summed E-state index contributed by atoms with van der Waals surface area (Å²) in [6.45, 7) is 3.33. The van der Waals surface area contributed by atoms with Crippen LogP contribution in [0, 0.1) is 0 Å². The van der Waals surface area contributed by atoms with Crippen LogP contribution in [0.5, 0.6) is 0 Å². The van der Waals surface area contributed by atoms with Gasteiger partial charge in [0.15, 0.2) is 0 Å². The normalized spacial score (nSPS) is 15.8. The molecule has 0 aromatic heterocycles. The molecule has 0 saturated carbocycles. The molecule has 0 aliphatic carbocycles. The van der Waals surface area contributed by atoms with E-state index in [1.54, 1.807) is 0 Å². The highest BCUT2D eigenvalue weighted by atomic mass is 16.1. The summed E-state index contributed by atoms with van der Waals surface area (Å²) in [5.41, 5.74) is 8.98. The van der Waals surface area contributed by atoms with Gasteiger partial charge >= 0.3 is 0 Å². The molecule has 0 spiro atoms. The first-order valence-corrected chi connectivity index (χ1v) is 5.95. The third-order valence-corrected chi connectivity index (χ3v) is 3.38. The summed E-state index contributed by atoms with van der Waals surface area (Å²) in [7, 11) is 1.96. The maximum Gasteiger partial charge on any atom is 0.236 e. The number of amides is 1. The molecule has 1 atom stereocenters. The molecule has 4 heteroatoms. The molecule has 1 aromatic carbocycles. The Bertz CT molecular complexity index is 431. The van der Waals surface area contributed by atoms with Gasteiger partial charge in [-0.2, -0.15) is 0 Å². The molecule has 1 aromatic rings. The van der Waals surface area contributed by atoms with Gasteiger partial charge < -0.3 is 16.0 Å². The summed E-state index contributed by atoms with van der Waals surface area (Å²) in [5, 5.41) is 3.23.